The molecular weight excluding hydrogens is 627 g/mol. The average molecular weight is 658 g/mol. The number of alkyl halides is 3. The number of halogens is 3. The lowest BCUT2D eigenvalue weighted by atomic mass is 10.1. The van der Waals surface area contributed by atoms with Gasteiger partial charge in [0.05, 0.1) is 23.0 Å². The Morgan fingerprint density at radius 2 is 1.67 bits per heavy atom. The molecule has 1 fully saturated rings. The predicted molar refractivity (Wildman–Crippen MR) is 170 cm³/mol. The molecule has 10 nitrogen and oxygen atoms in total. The van der Waals surface area contributed by atoms with Crippen LogP contribution in [0.5, 0.6) is 23.1 Å². The molecule has 3 aromatic carbocycles. The summed E-state index contributed by atoms with van der Waals surface area (Å²) >= 11 is 0. The lowest BCUT2D eigenvalue weighted by molar-refractivity contribution is -0.137. The molecule has 1 saturated heterocycles. The summed E-state index contributed by atoms with van der Waals surface area (Å²) in [6.45, 7) is 3.76. The molecule has 246 valence electrons. The number of aryl methyl sites for hydroxylation is 1. The van der Waals surface area contributed by atoms with E-state index in [1.807, 2.05) is 52.9 Å². The summed E-state index contributed by atoms with van der Waals surface area (Å²) in [5.74, 6) is 1.71. The van der Waals surface area contributed by atoms with Crippen molar-refractivity contribution in [1.82, 2.24) is 19.4 Å². The Kier molecular flexibility index (Phi) is 8.13. The molecule has 0 saturated carbocycles. The van der Waals surface area contributed by atoms with Gasteiger partial charge < -0.3 is 29.0 Å². The summed E-state index contributed by atoms with van der Waals surface area (Å²) in [6.07, 6.45) is -3.09. The minimum absolute atomic E-state index is 0.0329. The topological polar surface area (TPSA) is 98.2 Å². The van der Waals surface area contributed by atoms with Crippen LogP contribution in [0.3, 0.4) is 0 Å². The lowest BCUT2D eigenvalue weighted by Crippen LogP contribution is -2.48. The molecule has 2 aliphatic rings. The van der Waals surface area contributed by atoms with Crippen molar-refractivity contribution in [1.29, 1.82) is 0 Å². The molecule has 2 aromatic heterocycles. The van der Waals surface area contributed by atoms with Gasteiger partial charge in [-0.05, 0) is 66.2 Å². The second-order valence-electron chi connectivity index (χ2n) is 11.6. The first kappa shape index (κ1) is 31.1. The van der Waals surface area contributed by atoms with Crippen molar-refractivity contribution in [2.24, 2.45) is 7.05 Å². The zero-order valence-corrected chi connectivity index (χ0v) is 25.8. The van der Waals surface area contributed by atoms with E-state index < -0.39 is 17.6 Å². The van der Waals surface area contributed by atoms with Gasteiger partial charge in [-0.25, -0.2) is 4.98 Å². The van der Waals surface area contributed by atoms with Crippen molar-refractivity contribution in [2.75, 3.05) is 38.3 Å². The fraction of sp³-hybridized carbons (Fsp3) is 0.229. The Morgan fingerprint density at radius 3 is 2.40 bits per heavy atom. The molecule has 13 heteroatoms. The van der Waals surface area contributed by atoms with E-state index in [0.29, 0.717) is 30.2 Å². The highest BCUT2D eigenvalue weighted by molar-refractivity contribution is 6.04. The quantitative estimate of drug-likeness (QED) is 0.219. The number of pyridine rings is 1. The third-order valence-electron chi connectivity index (χ3n) is 8.43. The first-order chi connectivity index (χ1) is 23.1. The Labute approximate surface area is 273 Å². The van der Waals surface area contributed by atoms with Crippen LogP contribution in [0.1, 0.15) is 32.0 Å². The summed E-state index contributed by atoms with van der Waals surface area (Å²) in [6, 6.07) is 20.5. The van der Waals surface area contributed by atoms with Gasteiger partial charge in [0.2, 0.25) is 12.7 Å². The van der Waals surface area contributed by atoms with Crippen LogP contribution >= 0.6 is 0 Å². The highest BCUT2D eigenvalue weighted by Crippen LogP contribution is 2.33. The molecule has 0 bridgehead atoms. The second-order valence-corrected chi connectivity index (χ2v) is 11.6. The van der Waals surface area contributed by atoms with Gasteiger partial charge in [-0.2, -0.15) is 13.2 Å². The third-order valence-corrected chi connectivity index (χ3v) is 8.43. The van der Waals surface area contributed by atoms with Crippen LogP contribution in [-0.2, 0) is 19.8 Å². The number of hydrogen-bond donors (Lipinski definition) is 1. The van der Waals surface area contributed by atoms with Crippen LogP contribution in [0.2, 0.25) is 0 Å². The molecule has 2 aliphatic heterocycles. The van der Waals surface area contributed by atoms with Crippen LogP contribution in [0.25, 0.3) is 10.9 Å². The molecule has 0 spiro atoms. The van der Waals surface area contributed by atoms with Crippen molar-refractivity contribution in [3.05, 3.63) is 107 Å². The zero-order chi connectivity index (χ0) is 33.4. The number of carbonyl (C=O) groups is 2. The number of nitrogens with zero attached hydrogens (tertiary/aromatic N) is 4. The molecule has 1 N–H and O–H groups in total. The van der Waals surface area contributed by atoms with Crippen LogP contribution in [0.4, 0.5) is 18.9 Å². The first-order valence-electron chi connectivity index (χ1n) is 15.2. The average Bonchev–Trinajstić information content (AvgIpc) is 3.69. The number of hydrogen-bond acceptors (Lipinski definition) is 7. The van der Waals surface area contributed by atoms with Crippen molar-refractivity contribution in [3.63, 3.8) is 0 Å². The largest absolute Gasteiger partial charge is 0.454 e. The van der Waals surface area contributed by atoms with E-state index in [2.05, 4.69) is 15.2 Å². The van der Waals surface area contributed by atoms with Gasteiger partial charge in [0.15, 0.2) is 11.5 Å². The van der Waals surface area contributed by atoms with Crippen molar-refractivity contribution in [3.8, 4) is 23.1 Å². The van der Waals surface area contributed by atoms with Gasteiger partial charge in [0, 0.05) is 62.9 Å². The van der Waals surface area contributed by atoms with Gasteiger partial charge in [0.25, 0.3) is 11.8 Å². The SMILES string of the molecule is Cn1c(C(=O)N2CCN(Cc3ccc4c(c3)OCO4)CC2)cc2ccc(Oc3ccc(NC(=O)c4ccc(C(F)(F)F)cc4)cn3)cc21. The van der Waals surface area contributed by atoms with Crippen molar-refractivity contribution < 1.29 is 37.0 Å². The molecular formula is C35H30F3N5O5. The number of rotatable bonds is 7. The summed E-state index contributed by atoms with van der Waals surface area (Å²) in [5.41, 5.74) is 2.14. The number of amides is 2. The molecule has 0 radical (unpaired) electrons. The zero-order valence-electron chi connectivity index (χ0n) is 25.8. The van der Waals surface area contributed by atoms with E-state index in [4.69, 9.17) is 14.2 Å². The maximum absolute atomic E-state index is 13.6. The second kappa shape index (κ2) is 12.6. The maximum Gasteiger partial charge on any atom is 0.416 e. The Hall–Kier alpha value is -5.56. The van der Waals surface area contributed by atoms with E-state index in [9.17, 15) is 22.8 Å². The summed E-state index contributed by atoms with van der Waals surface area (Å²) in [7, 11) is 1.85. The van der Waals surface area contributed by atoms with Crippen LogP contribution in [0.15, 0.2) is 85.1 Å². The Bertz CT molecular complexity index is 1990. The molecule has 4 heterocycles. The van der Waals surface area contributed by atoms with Crippen LogP contribution < -0.4 is 19.5 Å². The molecule has 0 atom stereocenters. The van der Waals surface area contributed by atoms with Crippen molar-refractivity contribution in [2.45, 2.75) is 12.7 Å². The summed E-state index contributed by atoms with van der Waals surface area (Å²) < 4.78 is 57.1. The normalized spacial score (nSPS) is 14.7. The minimum atomic E-state index is -4.48. The number of nitrogens with one attached hydrogen (secondary N) is 1. The number of carbonyl (C=O) groups excluding carboxylic acids is 2. The number of ether oxygens (including phenoxy) is 3. The molecule has 0 aliphatic carbocycles. The number of benzene rings is 3. The van der Waals surface area contributed by atoms with Gasteiger partial charge in [-0.1, -0.05) is 6.07 Å². The van der Waals surface area contributed by atoms with E-state index >= 15 is 0 Å². The van der Waals surface area contributed by atoms with E-state index in [1.165, 1.54) is 6.20 Å². The first-order valence-corrected chi connectivity index (χ1v) is 15.2. The minimum Gasteiger partial charge on any atom is -0.454 e. The van der Waals surface area contributed by atoms with E-state index in [-0.39, 0.29) is 24.1 Å². The number of fused-ring (bicyclic) bond motifs is 2. The smallest absolute Gasteiger partial charge is 0.416 e. The standard InChI is InChI=1S/C35H30F3N5O5/c1-41-28-18-27(48-32-11-8-26(19-39-32)40-33(44)23-3-6-25(7-4-23)35(36,37)38)9-5-24(28)17-29(41)34(45)43-14-12-42(13-15-43)20-22-2-10-30-31(16-22)47-21-46-30/h2-11,16-19H,12-15,20-21H2,1H3,(H,40,44). The number of aromatic nitrogens is 2. The lowest BCUT2D eigenvalue weighted by Gasteiger charge is -2.34. The molecule has 2 amide bonds. The number of anilines is 1. The van der Waals surface area contributed by atoms with Gasteiger partial charge >= 0.3 is 6.18 Å². The number of piperazine rings is 1. The Morgan fingerprint density at radius 1 is 0.896 bits per heavy atom. The van der Waals surface area contributed by atoms with Crippen molar-refractivity contribution >= 4 is 28.4 Å². The highest BCUT2D eigenvalue weighted by atomic mass is 19.4. The summed E-state index contributed by atoms with van der Waals surface area (Å²) in [5, 5.41) is 3.50. The molecule has 5 aromatic rings. The van der Waals surface area contributed by atoms with E-state index in [0.717, 1.165) is 71.9 Å². The fourth-order valence-corrected chi connectivity index (χ4v) is 5.80. The molecule has 48 heavy (non-hydrogen) atoms. The predicted octanol–water partition coefficient (Wildman–Crippen LogP) is 6.32. The van der Waals surface area contributed by atoms with Crippen LogP contribution in [-0.4, -0.2) is 64.1 Å². The van der Waals surface area contributed by atoms with Gasteiger partial charge in [-0.15, -0.1) is 0 Å². The van der Waals surface area contributed by atoms with E-state index in [1.54, 1.807) is 18.2 Å². The van der Waals surface area contributed by atoms with Crippen LogP contribution in [0, 0.1) is 0 Å². The summed E-state index contributed by atoms with van der Waals surface area (Å²) in [4.78, 5) is 34.5. The monoisotopic (exact) mass is 657 g/mol. The third kappa shape index (κ3) is 6.49. The molecule has 0 unspecified atom stereocenters. The maximum atomic E-state index is 13.6. The highest BCUT2D eigenvalue weighted by Gasteiger charge is 2.30. The molecule has 7 rings (SSSR count). The van der Waals surface area contributed by atoms with Gasteiger partial charge in [-0.3, -0.25) is 14.5 Å². The fourth-order valence-electron chi connectivity index (χ4n) is 5.80. The Balaban J connectivity index is 0.954. The van der Waals surface area contributed by atoms with Gasteiger partial charge in [0.1, 0.15) is 11.4 Å².